The molecule has 0 aromatic heterocycles. The van der Waals surface area contributed by atoms with E-state index in [0.29, 0.717) is 6.61 Å². The summed E-state index contributed by atoms with van der Waals surface area (Å²) in [5.41, 5.74) is -0.746. The van der Waals surface area contributed by atoms with E-state index in [1.165, 1.54) is 121 Å². The molecule has 0 bridgehead atoms. The number of nitrogens with one attached hydrogen (secondary N) is 5. The van der Waals surface area contributed by atoms with Crippen LogP contribution in [0.2, 0.25) is 90.7 Å². The summed E-state index contributed by atoms with van der Waals surface area (Å²) in [4.78, 5) is 50.2. The van der Waals surface area contributed by atoms with Crippen LogP contribution in [0.25, 0.3) is 0 Å². The normalized spacial score (nSPS) is 14.2. The minimum atomic E-state index is -3.74. The first-order chi connectivity index (χ1) is 53.4. The second kappa shape index (κ2) is 43.7. The molecule has 0 saturated heterocycles. The molecule has 0 saturated carbocycles. The molecule has 5 N–H and O–H groups in total. The minimum absolute atomic E-state index is 0.00423. The molecule has 119 heavy (non-hydrogen) atoms. The molecule has 0 spiro atoms. The third-order valence-electron chi connectivity index (χ3n) is 20.9. The van der Waals surface area contributed by atoms with Gasteiger partial charge in [-0.25, -0.2) is 65.7 Å². The first-order valence-electron chi connectivity index (χ1n) is 37.9. The Morgan fingerprint density at radius 2 is 0.487 bits per heavy atom. The van der Waals surface area contributed by atoms with Gasteiger partial charge in [-0.15, -0.1) is 0 Å². The van der Waals surface area contributed by atoms with E-state index in [9.17, 15) is 92.7 Å². The highest BCUT2D eigenvalue weighted by Gasteiger charge is 2.42. The summed E-state index contributed by atoms with van der Waals surface area (Å²) < 4.78 is 165. The summed E-state index contributed by atoms with van der Waals surface area (Å²) in [5, 5.41) is 53.3. The Labute approximate surface area is 710 Å². The molecule has 0 aliphatic rings. The topological polar surface area (TPSA) is 493 Å². The van der Waals surface area contributed by atoms with Crippen LogP contribution in [0.5, 0.6) is 0 Å². The zero-order valence-corrected chi connectivity index (χ0v) is 83.2. The molecule has 45 heteroatoms. The monoisotopic (exact) mass is 1860 g/mol. The van der Waals surface area contributed by atoms with Gasteiger partial charge < -0.3 is 22.1 Å². The van der Waals surface area contributed by atoms with Gasteiger partial charge in [-0.05, 0) is 179 Å². The molecule has 0 aliphatic heterocycles. The lowest BCUT2D eigenvalue weighted by atomic mass is 10.2. The lowest BCUT2D eigenvalue weighted by Gasteiger charge is -2.38. The fourth-order valence-electron chi connectivity index (χ4n) is 8.41. The number of benzene rings is 5. The molecule has 4 atom stereocenters. The maximum atomic E-state index is 12.3. The van der Waals surface area contributed by atoms with E-state index in [0.717, 1.165) is 0 Å². The molecular formula is C74H128N10O25S5Si5. The van der Waals surface area contributed by atoms with Crippen molar-refractivity contribution < 1.29 is 88.8 Å². The molecule has 0 radical (unpaired) electrons. The van der Waals surface area contributed by atoms with Crippen LogP contribution in [-0.4, -0.2) is 172 Å². The summed E-state index contributed by atoms with van der Waals surface area (Å²) in [6.07, 6.45) is -0.530. The maximum absolute atomic E-state index is 12.3. The largest absolute Gasteiger partial charge is 0.415 e. The Bertz CT molecular complexity index is 4530. The average molecular weight is 1860 g/mol. The maximum Gasteiger partial charge on any atom is 0.269 e. The molecule has 35 nitrogen and oxygen atoms in total. The lowest BCUT2D eigenvalue weighted by Crippen LogP contribution is -2.46. The Hall–Kier alpha value is -6.47. The molecular weight excluding hydrogens is 1730 g/mol. The van der Waals surface area contributed by atoms with Gasteiger partial charge in [0, 0.05) is 99.0 Å². The first-order valence-corrected chi connectivity index (χ1v) is 59.9. The Kier molecular flexibility index (Phi) is 40.6. The van der Waals surface area contributed by atoms with E-state index in [1.54, 1.807) is 13.8 Å². The second-order valence-electron chi connectivity index (χ2n) is 36.0. The van der Waals surface area contributed by atoms with Crippen molar-refractivity contribution in [3.63, 3.8) is 0 Å². The third-order valence-corrected chi connectivity index (χ3v) is 51.2. The average Bonchev–Trinajstić information content (AvgIpc) is 0.831. The van der Waals surface area contributed by atoms with Gasteiger partial charge in [0.15, 0.2) is 41.6 Å². The van der Waals surface area contributed by atoms with Gasteiger partial charge in [-0.3, -0.25) is 50.6 Å². The van der Waals surface area contributed by atoms with Crippen molar-refractivity contribution in [2.75, 3.05) is 39.5 Å². The molecule has 5 rings (SSSR count). The molecule has 0 fully saturated rings. The Morgan fingerprint density at radius 3 is 0.681 bits per heavy atom. The van der Waals surface area contributed by atoms with Crippen molar-refractivity contribution in [2.45, 2.75) is 271 Å². The lowest BCUT2D eigenvalue weighted by molar-refractivity contribution is -0.385. The van der Waals surface area contributed by atoms with Gasteiger partial charge in [0.25, 0.3) is 28.4 Å². The summed E-state index contributed by atoms with van der Waals surface area (Å²) >= 11 is 0. The highest BCUT2D eigenvalue weighted by atomic mass is 32.2. The second-order valence-corrected chi connectivity index (χ2v) is 68.7. The molecule has 0 heterocycles. The summed E-state index contributed by atoms with van der Waals surface area (Å²) in [6, 6.07) is 23.1. The Balaban J connectivity index is 0.000000744. The van der Waals surface area contributed by atoms with Gasteiger partial charge in [0.05, 0.1) is 74.5 Å². The number of non-ortho nitro benzene ring substituents is 5. The predicted molar refractivity (Wildman–Crippen MR) is 476 cm³/mol. The number of hydrogen-bond acceptors (Lipinski definition) is 25. The van der Waals surface area contributed by atoms with E-state index in [-0.39, 0.29) is 123 Å². The van der Waals surface area contributed by atoms with Crippen LogP contribution in [0.1, 0.15) is 132 Å². The fourth-order valence-corrected chi connectivity index (χ4v) is 20.2. The van der Waals surface area contributed by atoms with Crippen molar-refractivity contribution >= 4 is 120 Å². The smallest absolute Gasteiger partial charge is 0.269 e. The third kappa shape index (κ3) is 36.5. The Morgan fingerprint density at radius 1 is 0.303 bits per heavy atom. The van der Waals surface area contributed by atoms with Crippen LogP contribution >= 0.6 is 0 Å². The first kappa shape index (κ1) is 111. The molecule has 0 unspecified atom stereocenters. The van der Waals surface area contributed by atoms with Crippen LogP contribution in [0.4, 0.5) is 28.4 Å². The molecule has 5 aromatic carbocycles. The van der Waals surface area contributed by atoms with Crippen molar-refractivity contribution in [3.8, 4) is 0 Å². The van der Waals surface area contributed by atoms with Crippen LogP contribution in [0, 0.1) is 50.6 Å². The summed E-state index contributed by atoms with van der Waals surface area (Å²) in [6.45, 7) is 61.2. The van der Waals surface area contributed by atoms with E-state index in [1.807, 2.05) is 13.8 Å². The quantitative estimate of drug-likeness (QED) is 0.0109. The van der Waals surface area contributed by atoms with Crippen molar-refractivity contribution in [1.29, 1.82) is 0 Å². The highest BCUT2D eigenvalue weighted by molar-refractivity contribution is 7.90. The highest BCUT2D eigenvalue weighted by Crippen LogP contribution is 2.41. The summed E-state index contributed by atoms with van der Waals surface area (Å²) in [5.74, 6) is 0. The zero-order valence-electron chi connectivity index (χ0n) is 74.1. The van der Waals surface area contributed by atoms with Crippen LogP contribution in [0.3, 0.4) is 0 Å². The number of hydrogen-bond donors (Lipinski definition) is 5. The summed E-state index contributed by atoms with van der Waals surface area (Å²) in [7, 11) is -28.4. The predicted octanol–water partition coefficient (Wildman–Crippen LogP) is 16.0. The molecule has 0 aliphatic carbocycles. The fraction of sp³-hybridized carbons (Fsp3) is 0.595. The number of nitrogens with zero attached hydrogens (tertiary/aromatic N) is 5. The SMILES string of the molecule is CC(C)(C)[Si](C)(C)OCCNS(=O)(=O)c1ccc([N+](=O)[O-])cc1.C[C@@H](CNS(=O)(=O)c1ccc([N+](=O)[O-])cc1)O[Si](C)(C)C(C)(C)C.C[C@@H](CO[Si](C)(C)C(C)(C)C)NS(=O)(=O)c1ccc([N+](=O)[O-])cc1.C[C@H](CNS(=O)(=O)c1ccc([N+](=O)[O-])cc1)O[Si](C)(C)C(C)(C)C.C[C@H](CO[Si](C)(C)C(C)(C)C)NS(=O)(=O)c1ccc([N+](=O)[O-])cc1. The van der Waals surface area contributed by atoms with E-state index in [4.69, 9.17) is 22.1 Å². The standard InChI is InChI=1S/4C15H26N2O5SSi.C14H24N2O5SSi/c2*1-12(11-22-24(5,6)15(2,3)4)16-23(20,21)14-9-7-13(8-10-14)17(18)19;2*1-12(22-24(5,6)15(2,3)4)11-16-23(20,21)14-9-7-13(8-10-14)17(18)19;1-14(2,3)23(4,5)21-11-10-15-22(19,20)13-8-6-12(7-9-13)16(17)18/h4*7-10,12,16H,11H2,1-6H3;6-9,15H,10-11H2,1-5H3/t4*12-;/m1010./s1. The van der Waals surface area contributed by atoms with Crippen molar-refractivity contribution in [3.05, 3.63) is 172 Å². The van der Waals surface area contributed by atoms with E-state index < -0.39 is 128 Å². The van der Waals surface area contributed by atoms with E-state index >= 15 is 0 Å². The van der Waals surface area contributed by atoms with Gasteiger partial charge >= 0.3 is 0 Å². The number of sulfonamides is 5. The number of nitro groups is 5. The van der Waals surface area contributed by atoms with Gasteiger partial charge in [0.1, 0.15) is 0 Å². The molecule has 0 amide bonds. The van der Waals surface area contributed by atoms with Crippen LogP contribution in [0.15, 0.2) is 146 Å². The van der Waals surface area contributed by atoms with Gasteiger partial charge in [0.2, 0.25) is 50.1 Å². The number of nitro benzene ring substituents is 5. The van der Waals surface area contributed by atoms with Crippen LogP contribution in [-0.2, 0) is 72.2 Å². The van der Waals surface area contributed by atoms with E-state index in [2.05, 4.69) is 193 Å². The molecule has 674 valence electrons. The van der Waals surface area contributed by atoms with Crippen LogP contribution < -0.4 is 23.6 Å². The van der Waals surface area contributed by atoms with Gasteiger partial charge in [-0.2, -0.15) is 0 Å². The van der Waals surface area contributed by atoms with Crippen molar-refractivity contribution in [2.24, 2.45) is 0 Å². The van der Waals surface area contributed by atoms with Crippen molar-refractivity contribution in [1.82, 2.24) is 23.6 Å². The minimum Gasteiger partial charge on any atom is -0.415 e. The zero-order chi connectivity index (χ0) is 92.9. The number of rotatable bonds is 35. The van der Waals surface area contributed by atoms with Gasteiger partial charge in [-0.1, -0.05) is 104 Å². The molecule has 5 aromatic rings.